The lowest BCUT2D eigenvalue weighted by Gasteiger charge is -2.41. The molecule has 2 aliphatic rings. The summed E-state index contributed by atoms with van der Waals surface area (Å²) < 4.78 is 1.47. The number of aryl methyl sites for hydroxylation is 1. The number of carbonyl (C=O) groups excluding carboxylic acids is 2. The number of carbonyl (C=O) groups is 2. The van der Waals surface area contributed by atoms with Crippen LogP contribution >= 0.6 is 0 Å². The molecular formula is C16H19N5O2. The van der Waals surface area contributed by atoms with E-state index in [1.165, 1.54) is 4.63 Å². The predicted octanol–water partition coefficient (Wildman–Crippen LogP) is 0.873. The van der Waals surface area contributed by atoms with Crippen molar-refractivity contribution < 1.29 is 9.59 Å². The van der Waals surface area contributed by atoms with Gasteiger partial charge in [0, 0.05) is 25.3 Å². The highest BCUT2D eigenvalue weighted by Crippen LogP contribution is 2.28. The second-order valence-electron chi connectivity index (χ2n) is 6.32. The Balaban J connectivity index is 1.73. The Morgan fingerprint density at radius 1 is 1.39 bits per heavy atom. The molecule has 2 aliphatic heterocycles. The van der Waals surface area contributed by atoms with Crippen molar-refractivity contribution in [2.75, 3.05) is 13.1 Å². The van der Waals surface area contributed by atoms with Gasteiger partial charge in [-0.3, -0.25) is 9.59 Å². The van der Waals surface area contributed by atoms with Gasteiger partial charge >= 0.3 is 0 Å². The Labute approximate surface area is 133 Å². The van der Waals surface area contributed by atoms with Crippen molar-refractivity contribution in [2.45, 2.75) is 38.8 Å². The van der Waals surface area contributed by atoms with E-state index in [2.05, 4.69) is 10.2 Å². The monoisotopic (exact) mass is 313 g/mol. The molecule has 0 spiro atoms. The van der Waals surface area contributed by atoms with E-state index < -0.39 is 6.04 Å². The molecule has 2 saturated heterocycles. The lowest BCUT2D eigenvalue weighted by molar-refractivity contribution is -0.141. The maximum atomic E-state index is 13.1. The van der Waals surface area contributed by atoms with E-state index >= 15 is 0 Å². The molecule has 2 aromatic rings. The molecule has 120 valence electrons. The van der Waals surface area contributed by atoms with Gasteiger partial charge in [-0.2, -0.15) is 14.8 Å². The first-order valence-electron chi connectivity index (χ1n) is 8.00. The van der Waals surface area contributed by atoms with Gasteiger partial charge < -0.3 is 9.80 Å². The van der Waals surface area contributed by atoms with Crippen molar-refractivity contribution in [2.24, 2.45) is 0 Å². The third kappa shape index (κ3) is 2.03. The van der Waals surface area contributed by atoms with Crippen LogP contribution in [-0.4, -0.2) is 61.6 Å². The van der Waals surface area contributed by atoms with Crippen LogP contribution in [0.4, 0.5) is 0 Å². The van der Waals surface area contributed by atoms with Crippen LogP contribution in [0.1, 0.15) is 35.8 Å². The molecule has 2 amide bonds. The zero-order valence-electron chi connectivity index (χ0n) is 13.3. The summed E-state index contributed by atoms with van der Waals surface area (Å²) in [6.45, 7) is 5.03. The molecule has 0 aromatic carbocycles. The van der Waals surface area contributed by atoms with Crippen LogP contribution in [0.5, 0.6) is 0 Å². The highest BCUT2D eigenvalue weighted by Gasteiger charge is 2.43. The lowest BCUT2D eigenvalue weighted by Crippen LogP contribution is -2.60. The first kappa shape index (κ1) is 14.2. The van der Waals surface area contributed by atoms with E-state index in [0.29, 0.717) is 23.3 Å². The van der Waals surface area contributed by atoms with E-state index in [4.69, 9.17) is 0 Å². The summed E-state index contributed by atoms with van der Waals surface area (Å²) in [5, 5.41) is 8.44. The molecule has 2 aromatic heterocycles. The normalized spacial score (nSPS) is 24.3. The van der Waals surface area contributed by atoms with Gasteiger partial charge in [0.25, 0.3) is 5.91 Å². The molecule has 4 heterocycles. The lowest BCUT2D eigenvalue weighted by atomic mass is 10.0. The van der Waals surface area contributed by atoms with Crippen molar-refractivity contribution in [3.05, 3.63) is 29.6 Å². The van der Waals surface area contributed by atoms with Gasteiger partial charge in [-0.1, -0.05) is 0 Å². The summed E-state index contributed by atoms with van der Waals surface area (Å²) >= 11 is 0. The Kier molecular flexibility index (Phi) is 3.11. The fraction of sp³-hybridized carbons (Fsp3) is 0.500. The smallest absolute Gasteiger partial charge is 0.258 e. The second kappa shape index (κ2) is 5.04. The molecule has 7 heteroatoms. The van der Waals surface area contributed by atoms with Crippen molar-refractivity contribution in [3.63, 3.8) is 0 Å². The Bertz CT molecular complexity index is 799. The van der Waals surface area contributed by atoms with Gasteiger partial charge in [-0.15, -0.1) is 0 Å². The molecule has 0 unspecified atom stereocenters. The number of fused-ring (bicyclic) bond motifs is 2. The van der Waals surface area contributed by atoms with E-state index in [1.807, 2.05) is 17.9 Å². The van der Waals surface area contributed by atoms with E-state index in [9.17, 15) is 9.59 Å². The predicted molar refractivity (Wildman–Crippen MR) is 83.0 cm³/mol. The minimum atomic E-state index is -0.428. The summed E-state index contributed by atoms with van der Waals surface area (Å²) in [6.07, 6.45) is 3.62. The van der Waals surface area contributed by atoms with Crippen LogP contribution in [0.2, 0.25) is 0 Å². The zero-order valence-corrected chi connectivity index (χ0v) is 13.3. The van der Waals surface area contributed by atoms with Gasteiger partial charge in [0.05, 0.1) is 11.3 Å². The van der Waals surface area contributed by atoms with Crippen LogP contribution in [0.15, 0.2) is 18.3 Å². The minimum Gasteiger partial charge on any atom is -0.336 e. The second-order valence-corrected chi connectivity index (χ2v) is 6.32. The molecule has 2 fully saturated rings. The van der Waals surface area contributed by atoms with Gasteiger partial charge in [-0.25, -0.2) is 0 Å². The van der Waals surface area contributed by atoms with Crippen molar-refractivity contribution in [1.82, 2.24) is 24.6 Å². The third-order valence-corrected chi connectivity index (χ3v) is 4.96. The molecule has 4 rings (SSSR count). The maximum absolute atomic E-state index is 13.1. The van der Waals surface area contributed by atoms with Gasteiger partial charge in [0.15, 0.2) is 0 Å². The number of hydrogen-bond acceptors (Lipinski definition) is 4. The standard InChI is InChI=1S/C16H19N5O2/c1-10-14(13-6-3-7-17-21(13)18-10)16(23)20-9-12-5-4-8-19(12)15(22)11(20)2/h3,6-7,11-12H,4-5,8-9H2,1-2H3/t11-,12+/m0/s1. The number of rotatable bonds is 1. The summed E-state index contributed by atoms with van der Waals surface area (Å²) in [4.78, 5) is 29.3. The summed E-state index contributed by atoms with van der Waals surface area (Å²) in [7, 11) is 0. The molecule has 0 saturated carbocycles. The minimum absolute atomic E-state index is 0.0550. The highest BCUT2D eigenvalue weighted by molar-refractivity contribution is 6.04. The van der Waals surface area contributed by atoms with E-state index in [0.717, 1.165) is 19.4 Å². The number of nitrogens with zero attached hydrogens (tertiary/aromatic N) is 5. The van der Waals surface area contributed by atoms with E-state index in [-0.39, 0.29) is 17.9 Å². The molecular weight excluding hydrogens is 294 g/mol. The van der Waals surface area contributed by atoms with Crippen LogP contribution in [0, 0.1) is 6.92 Å². The largest absolute Gasteiger partial charge is 0.336 e. The number of aromatic nitrogens is 3. The number of piperazine rings is 1. The molecule has 0 aliphatic carbocycles. The van der Waals surface area contributed by atoms with Crippen LogP contribution in [0.3, 0.4) is 0 Å². The SMILES string of the molecule is Cc1nn2ncccc2c1C(=O)N1C[C@H]2CCCN2C(=O)[C@@H]1C. The molecule has 0 bridgehead atoms. The molecule has 2 atom stereocenters. The molecule has 23 heavy (non-hydrogen) atoms. The highest BCUT2D eigenvalue weighted by atomic mass is 16.2. The number of amides is 2. The zero-order chi connectivity index (χ0) is 16.1. The Hall–Kier alpha value is -2.44. The van der Waals surface area contributed by atoms with Crippen molar-refractivity contribution in [3.8, 4) is 0 Å². The molecule has 0 radical (unpaired) electrons. The van der Waals surface area contributed by atoms with Crippen LogP contribution < -0.4 is 0 Å². The third-order valence-electron chi connectivity index (χ3n) is 4.96. The van der Waals surface area contributed by atoms with Crippen LogP contribution in [0.25, 0.3) is 5.52 Å². The van der Waals surface area contributed by atoms with Gasteiger partial charge in [-0.05, 0) is 38.8 Å². The topological polar surface area (TPSA) is 70.8 Å². The summed E-state index contributed by atoms with van der Waals surface area (Å²) in [5.74, 6) is -0.0720. The molecule has 0 N–H and O–H groups in total. The van der Waals surface area contributed by atoms with Crippen molar-refractivity contribution in [1.29, 1.82) is 0 Å². The van der Waals surface area contributed by atoms with Crippen molar-refractivity contribution >= 4 is 17.3 Å². The average Bonchev–Trinajstić information content (AvgIpc) is 3.13. The Morgan fingerprint density at radius 2 is 2.22 bits per heavy atom. The fourth-order valence-electron chi connectivity index (χ4n) is 3.75. The quantitative estimate of drug-likeness (QED) is 0.783. The first-order chi connectivity index (χ1) is 11.1. The van der Waals surface area contributed by atoms with Crippen LogP contribution in [-0.2, 0) is 4.79 Å². The number of hydrogen-bond donors (Lipinski definition) is 0. The summed E-state index contributed by atoms with van der Waals surface area (Å²) in [5.41, 5.74) is 1.87. The van der Waals surface area contributed by atoms with Gasteiger partial charge in [0.2, 0.25) is 5.91 Å². The summed E-state index contributed by atoms with van der Waals surface area (Å²) in [6, 6.07) is 3.35. The first-order valence-corrected chi connectivity index (χ1v) is 8.00. The molecule has 7 nitrogen and oxygen atoms in total. The van der Waals surface area contributed by atoms with E-state index in [1.54, 1.807) is 24.1 Å². The maximum Gasteiger partial charge on any atom is 0.258 e. The average molecular weight is 313 g/mol. The Morgan fingerprint density at radius 3 is 3.04 bits per heavy atom. The fourth-order valence-corrected chi connectivity index (χ4v) is 3.75. The van der Waals surface area contributed by atoms with Gasteiger partial charge in [0.1, 0.15) is 11.6 Å².